The molecule has 0 spiro atoms. The number of amides is 2. The van der Waals surface area contributed by atoms with Gasteiger partial charge < -0.3 is 19.6 Å². The van der Waals surface area contributed by atoms with Crippen molar-refractivity contribution in [3.05, 3.63) is 0 Å². The number of carboxylic acid groups (broad SMARTS) is 1. The van der Waals surface area contributed by atoms with Crippen molar-refractivity contribution >= 4 is 12.0 Å². The Morgan fingerprint density at radius 1 is 1.62 bits per heavy atom. The molecule has 0 radical (unpaired) electrons. The Kier molecular flexibility index (Phi) is 3.00. The maximum absolute atomic E-state index is 11.7. The molecule has 2 fully saturated rings. The van der Waals surface area contributed by atoms with Crippen LogP contribution in [0.15, 0.2) is 0 Å². The monoisotopic (exact) mass is 228 g/mol. The van der Waals surface area contributed by atoms with Crippen LogP contribution in [0.5, 0.6) is 0 Å². The Labute approximate surface area is 93.8 Å². The van der Waals surface area contributed by atoms with Crippen molar-refractivity contribution in [1.29, 1.82) is 0 Å². The third-order valence-electron chi connectivity index (χ3n) is 3.10. The summed E-state index contributed by atoms with van der Waals surface area (Å²) in [6.07, 6.45) is 1.89. The highest BCUT2D eigenvalue weighted by Gasteiger charge is 2.41. The molecule has 0 saturated carbocycles. The fraction of sp³-hybridized carbons (Fsp3) is 0.800. The first-order valence-electron chi connectivity index (χ1n) is 5.45. The zero-order chi connectivity index (χ0) is 11.7. The molecule has 90 valence electrons. The highest BCUT2D eigenvalue weighted by Crippen LogP contribution is 2.20. The molecule has 0 aromatic carbocycles. The molecule has 0 bridgehead atoms. The summed E-state index contributed by atoms with van der Waals surface area (Å²) in [6.45, 7) is 1.35. The topological polar surface area (TPSA) is 70.1 Å². The van der Waals surface area contributed by atoms with Crippen molar-refractivity contribution in [1.82, 2.24) is 9.80 Å². The van der Waals surface area contributed by atoms with Gasteiger partial charge in [0.25, 0.3) is 0 Å². The first-order valence-corrected chi connectivity index (χ1v) is 5.45. The van der Waals surface area contributed by atoms with Crippen LogP contribution in [0.2, 0.25) is 0 Å². The summed E-state index contributed by atoms with van der Waals surface area (Å²) in [5.74, 6) is -0.948. The number of hydrogen-bond acceptors (Lipinski definition) is 3. The Morgan fingerprint density at radius 2 is 2.38 bits per heavy atom. The maximum atomic E-state index is 11.7. The molecular weight excluding hydrogens is 212 g/mol. The molecule has 0 aromatic rings. The van der Waals surface area contributed by atoms with Gasteiger partial charge in [0.1, 0.15) is 6.04 Å². The van der Waals surface area contributed by atoms with Crippen molar-refractivity contribution in [2.24, 2.45) is 0 Å². The summed E-state index contributed by atoms with van der Waals surface area (Å²) < 4.78 is 5.42. The molecular formula is C10H16N2O4. The summed E-state index contributed by atoms with van der Waals surface area (Å²) in [6, 6.07) is -0.954. The molecule has 1 N–H and O–H groups in total. The minimum Gasteiger partial charge on any atom is -0.480 e. The largest absolute Gasteiger partial charge is 0.480 e. The maximum Gasteiger partial charge on any atom is 0.328 e. The second-order valence-corrected chi connectivity index (χ2v) is 4.30. The number of urea groups is 1. The lowest BCUT2D eigenvalue weighted by molar-refractivity contribution is -0.141. The van der Waals surface area contributed by atoms with E-state index in [1.807, 2.05) is 0 Å². The van der Waals surface area contributed by atoms with E-state index < -0.39 is 12.0 Å². The fourth-order valence-corrected chi connectivity index (χ4v) is 2.21. The molecule has 0 aromatic heterocycles. The van der Waals surface area contributed by atoms with Crippen molar-refractivity contribution in [3.63, 3.8) is 0 Å². The second kappa shape index (κ2) is 4.29. The van der Waals surface area contributed by atoms with E-state index in [0.29, 0.717) is 13.2 Å². The lowest BCUT2D eigenvalue weighted by atomic mass is 10.2. The Morgan fingerprint density at radius 3 is 2.94 bits per heavy atom. The van der Waals surface area contributed by atoms with Crippen LogP contribution in [0, 0.1) is 0 Å². The minimum atomic E-state index is -0.948. The molecule has 2 rings (SSSR count). The molecule has 6 heteroatoms. The summed E-state index contributed by atoms with van der Waals surface area (Å²) in [5, 5.41) is 9.03. The first-order chi connectivity index (χ1) is 7.59. The van der Waals surface area contributed by atoms with E-state index in [1.54, 1.807) is 7.05 Å². The van der Waals surface area contributed by atoms with Crippen molar-refractivity contribution in [2.75, 3.05) is 26.7 Å². The SMILES string of the molecule is CN1CC(C(=O)O)N(CC2CCCO2)C1=O. The number of carboxylic acids is 1. The molecule has 2 heterocycles. The number of carbonyl (C=O) groups excluding carboxylic acids is 1. The van der Waals surface area contributed by atoms with Gasteiger partial charge in [-0.25, -0.2) is 9.59 Å². The van der Waals surface area contributed by atoms with Gasteiger partial charge in [-0.15, -0.1) is 0 Å². The predicted octanol–water partition coefficient (Wildman–Crippen LogP) is -0.0140. The zero-order valence-electron chi connectivity index (χ0n) is 9.26. The van der Waals surface area contributed by atoms with Crippen molar-refractivity contribution < 1.29 is 19.4 Å². The summed E-state index contributed by atoms with van der Waals surface area (Å²) in [4.78, 5) is 25.6. The van der Waals surface area contributed by atoms with Crippen LogP contribution < -0.4 is 0 Å². The normalized spacial score (nSPS) is 30.2. The highest BCUT2D eigenvalue weighted by molar-refractivity contribution is 5.86. The van der Waals surface area contributed by atoms with E-state index in [1.165, 1.54) is 9.80 Å². The zero-order valence-corrected chi connectivity index (χ0v) is 9.26. The van der Waals surface area contributed by atoms with E-state index >= 15 is 0 Å². The first kappa shape index (κ1) is 11.2. The van der Waals surface area contributed by atoms with E-state index in [4.69, 9.17) is 9.84 Å². The summed E-state index contributed by atoms with van der Waals surface area (Å²) >= 11 is 0. The van der Waals surface area contributed by atoms with Gasteiger partial charge in [0.05, 0.1) is 12.6 Å². The van der Waals surface area contributed by atoms with Gasteiger partial charge in [0, 0.05) is 20.2 Å². The Bertz CT molecular complexity index is 301. The van der Waals surface area contributed by atoms with Gasteiger partial charge in [-0.1, -0.05) is 0 Å². The van der Waals surface area contributed by atoms with Crippen LogP contribution in [0.4, 0.5) is 4.79 Å². The lowest BCUT2D eigenvalue weighted by Gasteiger charge is -2.23. The average molecular weight is 228 g/mol. The van der Waals surface area contributed by atoms with E-state index in [-0.39, 0.29) is 18.7 Å². The molecule has 2 unspecified atom stereocenters. The number of carbonyl (C=O) groups is 2. The number of aliphatic carboxylic acids is 1. The smallest absolute Gasteiger partial charge is 0.328 e. The number of hydrogen-bond donors (Lipinski definition) is 1. The number of ether oxygens (including phenoxy) is 1. The Hall–Kier alpha value is -1.30. The van der Waals surface area contributed by atoms with Gasteiger partial charge in [-0.3, -0.25) is 0 Å². The van der Waals surface area contributed by atoms with Gasteiger partial charge in [-0.2, -0.15) is 0 Å². The molecule has 2 atom stereocenters. The van der Waals surface area contributed by atoms with Crippen LogP contribution >= 0.6 is 0 Å². The fourth-order valence-electron chi connectivity index (χ4n) is 2.21. The summed E-state index contributed by atoms with van der Waals surface area (Å²) in [7, 11) is 1.62. The van der Waals surface area contributed by atoms with Crippen molar-refractivity contribution in [2.45, 2.75) is 25.0 Å². The van der Waals surface area contributed by atoms with Crippen LogP contribution in [-0.2, 0) is 9.53 Å². The van der Waals surface area contributed by atoms with Crippen LogP contribution in [-0.4, -0.2) is 65.8 Å². The molecule has 0 aliphatic carbocycles. The quantitative estimate of drug-likeness (QED) is 0.737. The average Bonchev–Trinajstić information content (AvgIpc) is 2.81. The molecule has 2 amide bonds. The molecule has 16 heavy (non-hydrogen) atoms. The van der Waals surface area contributed by atoms with E-state index in [9.17, 15) is 9.59 Å². The van der Waals surface area contributed by atoms with Crippen molar-refractivity contribution in [3.8, 4) is 0 Å². The van der Waals surface area contributed by atoms with Gasteiger partial charge in [-0.05, 0) is 12.8 Å². The Balaban J connectivity index is 2.03. The number of nitrogens with zero attached hydrogens (tertiary/aromatic N) is 2. The number of likely N-dealkylation sites (N-methyl/N-ethyl adjacent to an activating group) is 1. The van der Waals surface area contributed by atoms with Gasteiger partial charge in [0.2, 0.25) is 0 Å². The highest BCUT2D eigenvalue weighted by atomic mass is 16.5. The van der Waals surface area contributed by atoms with E-state index in [2.05, 4.69) is 0 Å². The second-order valence-electron chi connectivity index (χ2n) is 4.30. The predicted molar refractivity (Wildman–Crippen MR) is 55.1 cm³/mol. The standard InChI is InChI=1S/C10H16N2O4/c1-11-6-8(9(13)14)12(10(11)15)5-7-3-2-4-16-7/h7-8H,2-6H2,1H3,(H,13,14). The van der Waals surface area contributed by atoms with E-state index in [0.717, 1.165) is 12.8 Å². The van der Waals surface area contributed by atoms with Gasteiger partial charge in [0.15, 0.2) is 0 Å². The van der Waals surface area contributed by atoms with Crippen LogP contribution in [0.1, 0.15) is 12.8 Å². The molecule has 6 nitrogen and oxygen atoms in total. The molecule has 2 aliphatic rings. The minimum absolute atomic E-state index is 0.00250. The number of rotatable bonds is 3. The molecule has 2 saturated heterocycles. The third kappa shape index (κ3) is 1.97. The third-order valence-corrected chi connectivity index (χ3v) is 3.10. The van der Waals surface area contributed by atoms with Crippen LogP contribution in [0.25, 0.3) is 0 Å². The van der Waals surface area contributed by atoms with Gasteiger partial charge >= 0.3 is 12.0 Å². The lowest BCUT2D eigenvalue weighted by Crippen LogP contribution is -2.43. The summed E-state index contributed by atoms with van der Waals surface area (Å²) in [5.41, 5.74) is 0. The van der Waals surface area contributed by atoms with Crippen LogP contribution in [0.3, 0.4) is 0 Å². The molecule has 2 aliphatic heterocycles.